The molecule has 136 valence electrons. The summed E-state index contributed by atoms with van der Waals surface area (Å²) >= 11 is 1.99. The number of nitro groups is 1. The Bertz CT molecular complexity index is 612. The van der Waals surface area contributed by atoms with Crippen molar-refractivity contribution in [1.29, 1.82) is 0 Å². The third-order valence-corrected chi connectivity index (χ3v) is 6.33. The Labute approximate surface area is 150 Å². The lowest BCUT2D eigenvalue weighted by atomic mass is 9.76. The van der Waals surface area contributed by atoms with Gasteiger partial charge in [-0.25, -0.2) is 4.79 Å². The lowest BCUT2D eigenvalue weighted by Crippen LogP contribution is -2.60. The molecule has 2 unspecified atom stereocenters. The zero-order valence-electron chi connectivity index (χ0n) is 14.1. The van der Waals surface area contributed by atoms with Crippen molar-refractivity contribution in [2.45, 2.75) is 30.8 Å². The van der Waals surface area contributed by atoms with E-state index in [4.69, 9.17) is 9.84 Å². The Kier molecular flexibility index (Phi) is 5.31. The van der Waals surface area contributed by atoms with Gasteiger partial charge in [0, 0.05) is 24.4 Å². The van der Waals surface area contributed by atoms with Gasteiger partial charge in [0.2, 0.25) is 0 Å². The van der Waals surface area contributed by atoms with E-state index in [1.165, 1.54) is 50.4 Å². The summed E-state index contributed by atoms with van der Waals surface area (Å²) < 4.78 is 6.14. The lowest BCUT2D eigenvalue weighted by Gasteiger charge is -2.50. The predicted molar refractivity (Wildman–Crippen MR) is 95.0 cm³/mol. The van der Waals surface area contributed by atoms with E-state index in [0.29, 0.717) is 5.44 Å². The highest BCUT2D eigenvalue weighted by atomic mass is 32.2. The molecule has 5 rings (SSSR count). The number of ether oxygens (including phenoxy) is 1. The van der Waals surface area contributed by atoms with Crippen molar-refractivity contribution in [2.75, 3.05) is 25.4 Å². The molecule has 4 aliphatic heterocycles. The lowest BCUT2D eigenvalue weighted by molar-refractivity contribution is -0.384. The van der Waals surface area contributed by atoms with Crippen LogP contribution in [0.25, 0.3) is 0 Å². The molecular formula is C17H22N2O5S. The first-order chi connectivity index (χ1) is 11.9. The second-order valence-corrected chi connectivity index (χ2v) is 8.01. The summed E-state index contributed by atoms with van der Waals surface area (Å²) in [5, 5.41) is 18.6. The number of piperidine rings is 3. The second-order valence-electron chi connectivity index (χ2n) is 6.72. The van der Waals surface area contributed by atoms with Gasteiger partial charge in [0.05, 0.1) is 16.1 Å². The molecule has 7 nitrogen and oxygen atoms in total. The van der Waals surface area contributed by atoms with E-state index in [1.54, 1.807) is 0 Å². The van der Waals surface area contributed by atoms with Crippen LogP contribution < -0.4 is 0 Å². The van der Waals surface area contributed by atoms with Gasteiger partial charge in [-0.3, -0.25) is 10.1 Å². The Hall–Kier alpha value is -1.64. The van der Waals surface area contributed by atoms with Gasteiger partial charge in [-0.1, -0.05) is 0 Å². The molecule has 0 amide bonds. The highest BCUT2D eigenvalue weighted by Gasteiger charge is 2.51. The van der Waals surface area contributed by atoms with E-state index in [0.717, 1.165) is 18.1 Å². The average Bonchev–Trinajstić information content (AvgIpc) is 2.96. The van der Waals surface area contributed by atoms with Crippen LogP contribution in [0, 0.1) is 16.0 Å². The van der Waals surface area contributed by atoms with Crippen LogP contribution in [0.3, 0.4) is 0 Å². The molecule has 4 saturated heterocycles. The monoisotopic (exact) mass is 366 g/mol. The summed E-state index contributed by atoms with van der Waals surface area (Å²) in [5.74, 6) is 0.995. The van der Waals surface area contributed by atoms with Crippen LogP contribution in [-0.4, -0.2) is 57.3 Å². The van der Waals surface area contributed by atoms with E-state index in [2.05, 4.69) is 11.8 Å². The third-order valence-electron chi connectivity index (χ3n) is 5.11. The number of carboxylic acids is 1. The van der Waals surface area contributed by atoms with Crippen molar-refractivity contribution in [1.82, 2.24) is 4.90 Å². The molecule has 4 fully saturated rings. The Morgan fingerprint density at radius 3 is 2.40 bits per heavy atom. The maximum absolute atomic E-state index is 10.3. The fraction of sp³-hybridized carbons (Fsp3) is 0.588. The van der Waals surface area contributed by atoms with E-state index >= 15 is 0 Å². The molecule has 8 heteroatoms. The van der Waals surface area contributed by atoms with Crippen LogP contribution in [0.15, 0.2) is 24.3 Å². The molecule has 1 spiro atoms. The maximum atomic E-state index is 10.3. The normalized spacial score (nSPS) is 32.9. The number of fused-ring (bicyclic) bond motifs is 2. The van der Waals surface area contributed by atoms with Crippen molar-refractivity contribution in [3.8, 4) is 0 Å². The van der Waals surface area contributed by atoms with E-state index < -0.39 is 10.9 Å². The number of aromatic carboxylic acids is 1. The highest BCUT2D eigenvalue weighted by Crippen LogP contribution is 2.46. The zero-order valence-corrected chi connectivity index (χ0v) is 14.9. The van der Waals surface area contributed by atoms with Gasteiger partial charge >= 0.3 is 5.97 Å². The number of nitrogens with zero attached hydrogens (tertiary/aromatic N) is 2. The summed E-state index contributed by atoms with van der Waals surface area (Å²) in [7, 11) is 0. The number of hydrogen-bond acceptors (Lipinski definition) is 6. The van der Waals surface area contributed by atoms with Gasteiger partial charge < -0.3 is 14.7 Å². The fourth-order valence-corrected chi connectivity index (χ4v) is 4.98. The van der Waals surface area contributed by atoms with Crippen molar-refractivity contribution in [2.24, 2.45) is 5.92 Å². The summed E-state index contributed by atoms with van der Waals surface area (Å²) in [6, 6.07) is 4.70. The van der Waals surface area contributed by atoms with Gasteiger partial charge in [-0.15, -0.1) is 11.8 Å². The predicted octanol–water partition coefficient (Wildman–Crippen LogP) is 2.85. The van der Waals surface area contributed by atoms with Gasteiger partial charge in [-0.05, 0) is 50.9 Å². The molecule has 4 aliphatic rings. The SMILES string of the molecule is CC1OC2(CS1)CN1CCC2CC1.O=C(O)c1ccc([N+](=O)[O-])cc1. The summed E-state index contributed by atoms with van der Waals surface area (Å²) in [5.41, 5.74) is 0.613. The molecule has 2 atom stereocenters. The number of benzene rings is 1. The number of thioether (sulfide) groups is 1. The minimum atomic E-state index is -1.09. The number of non-ortho nitro benzene ring substituents is 1. The zero-order chi connectivity index (χ0) is 18.0. The molecule has 1 N–H and O–H groups in total. The van der Waals surface area contributed by atoms with Crippen LogP contribution in [0.2, 0.25) is 0 Å². The van der Waals surface area contributed by atoms with Crippen LogP contribution >= 0.6 is 11.8 Å². The number of rotatable bonds is 2. The summed E-state index contributed by atoms with van der Waals surface area (Å²) in [6.07, 6.45) is 2.74. The molecule has 0 aromatic heterocycles. The van der Waals surface area contributed by atoms with E-state index in [9.17, 15) is 14.9 Å². The van der Waals surface area contributed by atoms with Crippen LogP contribution in [0.4, 0.5) is 5.69 Å². The number of hydrogen-bond donors (Lipinski definition) is 1. The number of nitro benzene ring substituents is 1. The second kappa shape index (κ2) is 7.31. The largest absolute Gasteiger partial charge is 0.478 e. The van der Waals surface area contributed by atoms with Gasteiger partial charge in [0.1, 0.15) is 5.44 Å². The van der Waals surface area contributed by atoms with Gasteiger partial charge in [-0.2, -0.15) is 0 Å². The van der Waals surface area contributed by atoms with Crippen molar-refractivity contribution >= 4 is 23.4 Å². The van der Waals surface area contributed by atoms with Gasteiger partial charge in [0.15, 0.2) is 0 Å². The first-order valence-electron chi connectivity index (χ1n) is 8.39. The molecule has 25 heavy (non-hydrogen) atoms. The van der Waals surface area contributed by atoms with E-state index in [-0.39, 0.29) is 16.9 Å². The first-order valence-corrected chi connectivity index (χ1v) is 9.44. The molecular weight excluding hydrogens is 344 g/mol. The molecule has 0 radical (unpaired) electrons. The van der Waals surface area contributed by atoms with Crippen LogP contribution in [-0.2, 0) is 4.74 Å². The standard InChI is InChI=1S/C10H17NOS.C7H5NO4/c1-8-12-10(7-13-8)6-11-4-2-9(10)3-5-11;9-7(10)5-1-3-6(4-2-5)8(11)12/h8-9H,2-7H2,1H3;1-4H,(H,9,10). The molecule has 0 saturated carbocycles. The minimum absolute atomic E-state index is 0.0422. The van der Waals surface area contributed by atoms with Crippen LogP contribution in [0.5, 0.6) is 0 Å². The maximum Gasteiger partial charge on any atom is 0.335 e. The van der Waals surface area contributed by atoms with Crippen molar-refractivity contribution in [3.05, 3.63) is 39.9 Å². The highest BCUT2D eigenvalue weighted by molar-refractivity contribution is 8.00. The molecule has 1 aromatic carbocycles. The Balaban J connectivity index is 0.000000147. The smallest absolute Gasteiger partial charge is 0.335 e. The Morgan fingerprint density at radius 1 is 1.36 bits per heavy atom. The quantitative estimate of drug-likeness (QED) is 0.635. The minimum Gasteiger partial charge on any atom is -0.478 e. The fourth-order valence-electron chi connectivity index (χ4n) is 3.80. The molecule has 0 aliphatic carbocycles. The third kappa shape index (κ3) is 3.96. The number of carboxylic acid groups (broad SMARTS) is 1. The van der Waals surface area contributed by atoms with Crippen molar-refractivity contribution < 1.29 is 19.6 Å². The Morgan fingerprint density at radius 2 is 2.00 bits per heavy atom. The number of carbonyl (C=O) groups is 1. The first kappa shape index (κ1) is 18.2. The molecule has 4 heterocycles. The average molecular weight is 366 g/mol. The summed E-state index contributed by atoms with van der Waals surface area (Å²) in [4.78, 5) is 22.5. The van der Waals surface area contributed by atoms with Crippen molar-refractivity contribution in [3.63, 3.8) is 0 Å². The summed E-state index contributed by atoms with van der Waals surface area (Å²) in [6.45, 7) is 6.02. The van der Waals surface area contributed by atoms with E-state index in [1.807, 2.05) is 11.8 Å². The van der Waals surface area contributed by atoms with Gasteiger partial charge in [0.25, 0.3) is 5.69 Å². The molecule has 1 aromatic rings. The topological polar surface area (TPSA) is 92.9 Å². The van der Waals surface area contributed by atoms with Crippen LogP contribution in [0.1, 0.15) is 30.1 Å². The molecule has 2 bridgehead atoms.